The molecule has 2 amide bonds. The number of rotatable bonds is 10. The van der Waals surface area contributed by atoms with E-state index >= 15 is 0 Å². The Morgan fingerprint density at radius 3 is 2.50 bits per heavy atom. The molecule has 0 fully saturated rings. The molecule has 1 atom stereocenters. The predicted molar refractivity (Wildman–Crippen MR) is 88.9 cm³/mol. The van der Waals surface area contributed by atoms with Gasteiger partial charge in [0.2, 0.25) is 5.91 Å². The zero-order valence-corrected chi connectivity index (χ0v) is 13.6. The van der Waals surface area contributed by atoms with Crippen LogP contribution in [0.2, 0.25) is 0 Å². The van der Waals surface area contributed by atoms with Gasteiger partial charge in [0.25, 0.3) is 5.91 Å². The van der Waals surface area contributed by atoms with Crippen molar-refractivity contribution in [2.24, 2.45) is 0 Å². The number of ether oxygens (including phenoxy) is 1. The molecule has 0 bridgehead atoms. The summed E-state index contributed by atoms with van der Waals surface area (Å²) in [6, 6.07) is 5.49. The number of nitrogens with one attached hydrogen (secondary N) is 2. The van der Waals surface area contributed by atoms with Gasteiger partial charge in [-0.2, -0.15) is 0 Å². The second-order valence-electron chi connectivity index (χ2n) is 4.96. The number of carbonyl (C=O) groups is 3. The number of hydrogen-bond donors (Lipinski definition) is 3. The van der Waals surface area contributed by atoms with Crippen LogP contribution in [0.15, 0.2) is 36.9 Å². The van der Waals surface area contributed by atoms with Gasteiger partial charge in [-0.05, 0) is 44.0 Å². The Hall–Kier alpha value is -2.83. The summed E-state index contributed by atoms with van der Waals surface area (Å²) in [6.07, 6.45) is 2.29. The topological polar surface area (TPSA) is 105 Å². The fraction of sp³-hybridized carbons (Fsp3) is 0.353. The summed E-state index contributed by atoms with van der Waals surface area (Å²) in [5.41, 5.74) is 0.382. The zero-order valence-electron chi connectivity index (χ0n) is 13.6. The van der Waals surface area contributed by atoms with Crippen LogP contribution in [0, 0.1) is 0 Å². The van der Waals surface area contributed by atoms with Gasteiger partial charge in [-0.15, -0.1) is 6.58 Å². The van der Waals surface area contributed by atoms with Gasteiger partial charge in [0.05, 0.1) is 13.2 Å². The molecule has 0 radical (unpaired) electrons. The molecule has 1 unspecified atom stereocenters. The van der Waals surface area contributed by atoms with Crippen LogP contribution in [0.5, 0.6) is 5.75 Å². The minimum Gasteiger partial charge on any atom is -0.494 e. The smallest absolute Gasteiger partial charge is 0.326 e. The molecule has 0 heterocycles. The molecule has 24 heavy (non-hydrogen) atoms. The molecule has 3 N–H and O–H groups in total. The lowest BCUT2D eigenvalue weighted by atomic mass is 10.1. The van der Waals surface area contributed by atoms with E-state index in [2.05, 4.69) is 17.2 Å². The maximum atomic E-state index is 11.9. The summed E-state index contributed by atoms with van der Waals surface area (Å²) in [6.45, 7) is 5.60. The second kappa shape index (κ2) is 10.0. The highest BCUT2D eigenvalue weighted by Gasteiger charge is 2.19. The molecule has 130 valence electrons. The first-order chi connectivity index (χ1) is 11.5. The highest BCUT2D eigenvalue weighted by atomic mass is 16.5. The van der Waals surface area contributed by atoms with Gasteiger partial charge < -0.3 is 20.5 Å². The van der Waals surface area contributed by atoms with Crippen LogP contribution in [0.3, 0.4) is 0 Å². The molecule has 0 aliphatic carbocycles. The van der Waals surface area contributed by atoms with Gasteiger partial charge >= 0.3 is 5.97 Å². The summed E-state index contributed by atoms with van der Waals surface area (Å²) >= 11 is 0. The minimum atomic E-state index is -1.12. The Balaban J connectivity index is 2.48. The van der Waals surface area contributed by atoms with Gasteiger partial charge in [-0.1, -0.05) is 6.08 Å². The lowest BCUT2D eigenvalue weighted by molar-refractivity contribution is -0.141. The van der Waals surface area contributed by atoms with E-state index in [1.807, 2.05) is 6.92 Å². The molecule has 1 rings (SSSR count). The van der Waals surface area contributed by atoms with E-state index in [1.165, 1.54) is 0 Å². The molecule has 7 nitrogen and oxygen atoms in total. The van der Waals surface area contributed by atoms with Crippen LogP contribution in [0.4, 0.5) is 0 Å². The monoisotopic (exact) mass is 334 g/mol. The number of benzene rings is 1. The fourth-order valence-corrected chi connectivity index (χ4v) is 1.92. The Bertz CT molecular complexity index is 583. The summed E-state index contributed by atoms with van der Waals surface area (Å²) < 4.78 is 5.28. The number of carbonyl (C=O) groups excluding carboxylic acids is 2. The highest BCUT2D eigenvalue weighted by Crippen LogP contribution is 2.11. The zero-order chi connectivity index (χ0) is 17.9. The van der Waals surface area contributed by atoms with Crippen LogP contribution in [0.25, 0.3) is 0 Å². The molecular weight excluding hydrogens is 312 g/mol. The number of amides is 2. The number of aliphatic carboxylic acids is 1. The average Bonchev–Trinajstić information content (AvgIpc) is 2.57. The van der Waals surface area contributed by atoms with E-state index < -0.39 is 23.8 Å². The van der Waals surface area contributed by atoms with Crippen LogP contribution >= 0.6 is 0 Å². The summed E-state index contributed by atoms with van der Waals surface area (Å²) in [5.74, 6) is -1.46. The Kier molecular flexibility index (Phi) is 8.04. The normalized spacial score (nSPS) is 11.2. The highest BCUT2D eigenvalue weighted by molar-refractivity contribution is 5.96. The molecule has 0 saturated heterocycles. The van der Waals surface area contributed by atoms with Crippen molar-refractivity contribution in [3.05, 3.63) is 42.5 Å². The number of hydrogen-bond acceptors (Lipinski definition) is 4. The molecular formula is C17H22N2O5. The first kappa shape index (κ1) is 19.2. The lowest BCUT2D eigenvalue weighted by Crippen LogP contribution is -2.45. The first-order valence-electron chi connectivity index (χ1n) is 7.62. The molecule has 0 aliphatic heterocycles. The predicted octanol–water partition coefficient (Wildman–Crippen LogP) is 1.35. The Labute approximate surface area is 140 Å². The summed E-state index contributed by atoms with van der Waals surface area (Å²) in [4.78, 5) is 34.7. The van der Waals surface area contributed by atoms with Crippen molar-refractivity contribution in [2.45, 2.75) is 25.8 Å². The van der Waals surface area contributed by atoms with E-state index in [4.69, 9.17) is 9.84 Å². The van der Waals surface area contributed by atoms with Crippen LogP contribution in [0.1, 0.15) is 30.1 Å². The van der Waals surface area contributed by atoms with Crippen molar-refractivity contribution in [1.29, 1.82) is 0 Å². The Morgan fingerprint density at radius 2 is 1.96 bits per heavy atom. The van der Waals surface area contributed by atoms with E-state index in [-0.39, 0.29) is 13.0 Å². The summed E-state index contributed by atoms with van der Waals surface area (Å²) in [5, 5.41) is 13.8. The lowest BCUT2D eigenvalue weighted by Gasteiger charge is -2.14. The van der Waals surface area contributed by atoms with Gasteiger partial charge in [0, 0.05) is 5.56 Å². The SMILES string of the molecule is C=CCCC(NC(=O)CNC(=O)c1ccc(OCC)cc1)C(=O)O. The van der Waals surface area contributed by atoms with Crippen LogP contribution in [-0.2, 0) is 9.59 Å². The van der Waals surface area contributed by atoms with Crippen molar-refractivity contribution >= 4 is 17.8 Å². The number of carboxylic acids is 1. The molecule has 1 aromatic carbocycles. The third-order valence-corrected chi connectivity index (χ3v) is 3.13. The van der Waals surface area contributed by atoms with Crippen LogP contribution in [-0.4, -0.2) is 42.1 Å². The molecule has 0 aromatic heterocycles. The summed E-state index contributed by atoms with van der Waals surface area (Å²) in [7, 11) is 0. The van der Waals surface area contributed by atoms with E-state index in [1.54, 1.807) is 30.3 Å². The van der Waals surface area contributed by atoms with E-state index in [0.29, 0.717) is 24.3 Å². The molecule has 0 saturated carbocycles. The van der Waals surface area contributed by atoms with Gasteiger partial charge in [-0.25, -0.2) is 4.79 Å². The van der Waals surface area contributed by atoms with Crippen molar-refractivity contribution in [3.63, 3.8) is 0 Å². The average molecular weight is 334 g/mol. The maximum absolute atomic E-state index is 11.9. The van der Waals surface area contributed by atoms with E-state index in [0.717, 1.165) is 0 Å². The van der Waals surface area contributed by atoms with Crippen molar-refractivity contribution < 1.29 is 24.2 Å². The van der Waals surface area contributed by atoms with Gasteiger partial charge in [0.1, 0.15) is 11.8 Å². The van der Waals surface area contributed by atoms with Crippen molar-refractivity contribution in [2.75, 3.05) is 13.2 Å². The van der Waals surface area contributed by atoms with Crippen molar-refractivity contribution in [3.8, 4) is 5.75 Å². The molecule has 0 aliphatic rings. The number of carboxylic acid groups (broad SMARTS) is 1. The largest absolute Gasteiger partial charge is 0.494 e. The fourth-order valence-electron chi connectivity index (χ4n) is 1.92. The van der Waals surface area contributed by atoms with Gasteiger partial charge in [0.15, 0.2) is 0 Å². The first-order valence-corrected chi connectivity index (χ1v) is 7.62. The minimum absolute atomic E-state index is 0.247. The maximum Gasteiger partial charge on any atom is 0.326 e. The standard InChI is InChI=1S/C17H22N2O5/c1-3-5-6-14(17(22)23)19-15(20)11-18-16(21)12-7-9-13(10-8-12)24-4-2/h3,7-10,14H,1,4-6,11H2,2H3,(H,18,21)(H,19,20)(H,22,23). The third kappa shape index (κ3) is 6.51. The van der Waals surface area contributed by atoms with Gasteiger partial charge in [-0.3, -0.25) is 9.59 Å². The molecule has 1 aromatic rings. The third-order valence-electron chi connectivity index (χ3n) is 3.13. The molecule has 0 spiro atoms. The van der Waals surface area contributed by atoms with Crippen molar-refractivity contribution in [1.82, 2.24) is 10.6 Å². The molecule has 7 heteroatoms. The van der Waals surface area contributed by atoms with E-state index in [9.17, 15) is 14.4 Å². The quantitative estimate of drug-likeness (QED) is 0.560. The number of allylic oxidation sites excluding steroid dienone is 1. The second-order valence-corrected chi connectivity index (χ2v) is 4.96. The van der Waals surface area contributed by atoms with Crippen LogP contribution < -0.4 is 15.4 Å². The Morgan fingerprint density at radius 1 is 1.29 bits per heavy atom.